The van der Waals surface area contributed by atoms with Gasteiger partial charge >= 0.3 is 6.03 Å². The van der Waals surface area contributed by atoms with Crippen molar-refractivity contribution in [2.24, 2.45) is 0 Å². The first kappa shape index (κ1) is 23.0. The van der Waals surface area contributed by atoms with Crippen molar-refractivity contribution in [3.05, 3.63) is 48.0 Å². The maximum Gasteiger partial charge on any atom is 0.325 e. The average molecular weight is 495 g/mol. The van der Waals surface area contributed by atoms with Crippen molar-refractivity contribution < 1.29 is 19.1 Å². The monoisotopic (exact) mass is 494 g/mol. The fourth-order valence-corrected chi connectivity index (χ4v) is 4.72. The number of aryl methyl sites for hydroxylation is 1. The van der Waals surface area contributed by atoms with Crippen molar-refractivity contribution in [1.29, 1.82) is 0 Å². The van der Waals surface area contributed by atoms with Gasteiger partial charge in [-0.3, -0.25) is 14.7 Å². The lowest BCUT2D eigenvalue weighted by Gasteiger charge is -2.19. The van der Waals surface area contributed by atoms with E-state index in [1.54, 1.807) is 18.2 Å². The Morgan fingerprint density at radius 1 is 1.00 bits per heavy atom. The van der Waals surface area contributed by atoms with Crippen LogP contribution in [0, 0.1) is 6.92 Å². The number of fused-ring (bicyclic) bond motifs is 1. The fraction of sp³-hybridized carbons (Fsp3) is 0.333. The molecule has 0 bridgehead atoms. The minimum atomic E-state index is -0.620. The molecular weight excluding hydrogens is 468 g/mol. The number of imide groups is 1. The molecule has 0 spiro atoms. The highest BCUT2D eigenvalue weighted by atomic mass is 32.2. The number of hydrogen-bond donors (Lipinski definition) is 2. The summed E-state index contributed by atoms with van der Waals surface area (Å²) in [6.45, 7) is 4.83. The second-order valence-electron chi connectivity index (χ2n) is 8.30. The van der Waals surface area contributed by atoms with Gasteiger partial charge in [0.05, 0.1) is 11.4 Å². The zero-order valence-electron chi connectivity index (χ0n) is 19.3. The Morgan fingerprint density at radius 2 is 1.74 bits per heavy atom. The standard InChI is InChI=1S/C24H26N6O4S/c1-16-4-7-18(8-5-16)30-23(29-10-2-3-11-29)27-28-24(30)35-15-21(31)26-22(32)25-17-6-9-19-20(14-17)34-13-12-33-19/h4-9,14H,2-3,10-13,15H2,1H3,(H2,25,26,31,32). The number of hydrogen-bond acceptors (Lipinski definition) is 8. The predicted molar refractivity (Wildman–Crippen MR) is 133 cm³/mol. The van der Waals surface area contributed by atoms with E-state index >= 15 is 0 Å². The highest BCUT2D eigenvalue weighted by Gasteiger charge is 2.23. The summed E-state index contributed by atoms with van der Waals surface area (Å²) >= 11 is 1.23. The number of nitrogens with zero attached hydrogens (tertiary/aromatic N) is 4. The Morgan fingerprint density at radius 3 is 2.51 bits per heavy atom. The van der Waals surface area contributed by atoms with Crippen molar-refractivity contribution in [3.63, 3.8) is 0 Å². The van der Waals surface area contributed by atoms with Gasteiger partial charge in [0.25, 0.3) is 0 Å². The molecule has 3 heterocycles. The lowest BCUT2D eigenvalue weighted by molar-refractivity contribution is -0.117. The first-order chi connectivity index (χ1) is 17.1. The average Bonchev–Trinajstić information content (AvgIpc) is 3.53. The second kappa shape index (κ2) is 10.3. The third-order valence-electron chi connectivity index (χ3n) is 5.68. The van der Waals surface area contributed by atoms with Crippen LogP contribution in [0.5, 0.6) is 11.5 Å². The summed E-state index contributed by atoms with van der Waals surface area (Å²) in [5, 5.41) is 14.4. The lowest BCUT2D eigenvalue weighted by atomic mass is 10.2. The Kier molecular flexibility index (Phi) is 6.75. The number of benzene rings is 2. The number of carbonyl (C=O) groups excluding carboxylic acids is 2. The lowest BCUT2D eigenvalue weighted by Crippen LogP contribution is -2.35. The van der Waals surface area contributed by atoms with E-state index in [1.807, 2.05) is 35.8 Å². The van der Waals surface area contributed by atoms with Crippen LogP contribution in [0.2, 0.25) is 0 Å². The third-order valence-corrected chi connectivity index (χ3v) is 6.61. The van der Waals surface area contributed by atoms with Crippen molar-refractivity contribution in [1.82, 2.24) is 20.1 Å². The number of aromatic nitrogens is 3. The maximum atomic E-state index is 12.5. The number of anilines is 2. The van der Waals surface area contributed by atoms with E-state index in [1.165, 1.54) is 11.8 Å². The number of carbonyl (C=O) groups is 2. The normalized spacial score (nSPS) is 14.6. The first-order valence-electron chi connectivity index (χ1n) is 11.5. The van der Waals surface area contributed by atoms with Gasteiger partial charge in [-0.2, -0.15) is 0 Å². The van der Waals surface area contributed by atoms with E-state index in [2.05, 4.69) is 25.7 Å². The maximum absolute atomic E-state index is 12.5. The largest absolute Gasteiger partial charge is 0.486 e. The van der Waals surface area contributed by atoms with Gasteiger partial charge in [0.1, 0.15) is 13.2 Å². The highest BCUT2D eigenvalue weighted by Crippen LogP contribution is 2.32. The van der Waals surface area contributed by atoms with Crippen LogP contribution >= 0.6 is 11.8 Å². The predicted octanol–water partition coefficient (Wildman–Crippen LogP) is 3.39. The summed E-state index contributed by atoms with van der Waals surface area (Å²) in [4.78, 5) is 27.0. The molecule has 0 atom stereocenters. The summed E-state index contributed by atoms with van der Waals surface area (Å²) in [5.41, 5.74) is 2.59. The van der Waals surface area contributed by atoms with Crippen LogP contribution in [0.25, 0.3) is 5.69 Å². The molecule has 0 radical (unpaired) electrons. The Labute approximate surface area is 207 Å². The molecule has 182 valence electrons. The smallest absolute Gasteiger partial charge is 0.325 e. The van der Waals surface area contributed by atoms with Gasteiger partial charge in [-0.15, -0.1) is 10.2 Å². The molecule has 2 aliphatic heterocycles. The second-order valence-corrected chi connectivity index (χ2v) is 9.24. The quantitative estimate of drug-likeness (QED) is 0.502. The van der Waals surface area contributed by atoms with Gasteiger partial charge in [-0.05, 0) is 44.0 Å². The topological polar surface area (TPSA) is 111 Å². The van der Waals surface area contributed by atoms with Gasteiger partial charge in [-0.1, -0.05) is 29.5 Å². The number of amides is 3. The van der Waals surface area contributed by atoms with Crippen LogP contribution in [0.4, 0.5) is 16.4 Å². The van der Waals surface area contributed by atoms with Crippen molar-refractivity contribution >= 4 is 35.3 Å². The van der Waals surface area contributed by atoms with E-state index < -0.39 is 11.9 Å². The molecule has 0 unspecified atom stereocenters. The summed E-state index contributed by atoms with van der Waals surface area (Å²) in [7, 11) is 0. The molecule has 35 heavy (non-hydrogen) atoms. The van der Waals surface area contributed by atoms with E-state index in [-0.39, 0.29) is 5.75 Å². The Hall–Kier alpha value is -3.73. The molecule has 2 aliphatic rings. The molecule has 0 saturated carbocycles. The first-order valence-corrected chi connectivity index (χ1v) is 12.5. The third kappa shape index (κ3) is 5.35. The van der Waals surface area contributed by atoms with Gasteiger partial charge in [0.15, 0.2) is 16.7 Å². The molecule has 2 aromatic carbocycles. The van der Waals surface area contributed by atoms with Crippen LogP contribution in [-0.2, 0) is 4.79 Å². The van der Waals surface area contributed by atoms with Gasteiger partial charge in [0, 0.05) is 24.8 Å². The van der Waals surface area contributed by atoms with Crippen molar-refractivity contribution in [3.8, 4) is 17.2 Å². The summed E-state index contributed by atoms with van der Waals surface area (Å²) in [6.07, 6.45) is 2.23. The Bertz CT molecular complexity index is 1220. The molecule has 3 aromatic rings. The molecule has 11 heteroatoms. The van der Waals surface area contributed by atoms with Crippen LogP contribution in [0.3, 0.4) is 0 Å². The molecule has 0 aliphatic carbocycles. The zero-order valence-corrected chi connectivity index (χ0v) is 20.1. The van der Waals surface area contributed by atoms with Crippen LogP contribution < -0.4 is 25.0 Å². The molecule has 1 fully saturated rings. The van der Waals surface area contributed by atoms with E-state index in [0.717, 1.165) is 43.1 Å². The van der Waals surface area contributed by atoms with Crippen molar-refractivity contribution in [2.75, 3.05) is 42.3 Å². The Balaban J connectivity index is 1.23. The minimum absolute atomic E-state index is 0.0125. The SMILES string of the molecule is Cc1ccc(-n2c(SCC(=O)NC(=O)Nc3ccc4c(c3)OCCO4)nnc2N2CCCC2)cc1. The molecule has 1 aromatic heterocycles. The van der Waals surface area contributed by atoms with Crippen molar-refractivity contribution in [2.45, 2.75) is 24.9 Å². The van der Waals surface area contributed by atoms with Gasteiger partial charge in [-0.25, -0.2) is 4.79 Å². The van der Waals surface area contributed by atoms with E-state index in [0.29, 0.717) is 35.6 Å². The molecular formula is C24H26N6O4S. The number of rotatable bonds is 6. The number of ether oxygens (including phenoxy) is 2. The summed E-state index contributed by atoms with van der Waals surface area (Å²) < 4.78 is 13.0. The number of urea groups is 1. The number of thioether (sulfide) groups is 1. The molecule has 1 saturated heterocycles. The fourth-order valence-electron chi connectivity index (χ4n) is 3.97. The van der Waals surface area contributed by atoms with Gasteiger partial charge in [0.2, 0.25) is 11.9 Å². The molecule has 5 rings (SSSR count). The summed E-state index contributed by atoms with van der Waals surface area (Å²) in [5.74, 6) is 1.52. The molecule has 2 N–H and O–H groups in total. The van der Waals surface area contributed by atoms with Crippen LogP contribution in [0.15, 0.2) is 47.6 Å². The van der Waals surface area contributed by atoms with Gasteiger partial charge < -0.3 is 19.7 Å². The summed E-state index contributed by atoms with van der Waals surface area (Å²) in [6, 6.07) is 12.6. The van der Waals surface area contributed by atoms with E-state index in [4.69, 9.17) is 9.47 Å². The van der Waals surface area contributed by atoms with E-state index in [9.17, 15) is 9.59 Å². The molecule has 10 nitrogen and oxygen atoms in total. The minimum Gasteiger partial charge on any atom is -0.486 e. The van der Waals surface area contributed by atoms with Crippen LogP contribution in [0.1, 0.15) is 18.4 Å². The van der Waals surface area contributed by atoms with Crippen LogP contribution in [-0.4, -0.2) is 58.8 Å². The molecule has 3 amide bonds. The number of nitrogens with one attached hydrogen (secondary N) is 2. The zero-order chi connectivity index (χ0) is 24.2. The highest BCUT2D eigenvalue weighted by molar-refractivity contribution is 7.99.